The van der Waals surface area contributed by atoms with Crippen molar-refractivity contribution < 1.29 is 8.91 Å². The van der Waals surface area contributed by atoms with Gasteiger partial charge in [-0.05, 0) is 18.2 Å². The number of H-pyrrole nitrogens is 1. The standard InChI is InChI=1S/C10H7FN6O/c11-7-3-5(12)1-2-6(7)10-14-9(16-18-10)8-4-13-17-15-8/h1-4H,12H2,(H,13,15,17). The molecule has 0 fully saturated rings. The predicted octanol–water partition coefficient (Wildman–Crippen LogP) is 1.24. The summed E-state index contributed by atoms with van der Waals surface area (Å²) in [5.41, 5.74) is 6.39. The van der Waals surface area contributed by atoms with Crippen molar-refractivity contribution in [2.75, 3.05) is 5.73 Å². The lowest BCUT2D eigenvalue weighted by Crippen LogP contribution is -1.89. The molecule has 7 nitrogen and oxygen atoms in total. The van der Waals surface area contributed by atoms with Gasteiger partial charge in [0.15, 0.2) is 5.69 Å². The zero-order valence-electron chi connectivity index (χ0n) is 8.96. The van der Waals surface area contributed by atoms with Gasteiger partial charge < -0.3 is 10.3 Å². The Morgan fingerprint density at radius 2 is 2.22 bits per heavy atom. The molecule has 0 radical (unpaired) electrons. The second-order valence-corrected chi connectivity index (χ2v) is 3.52. The molecule has 0 amide bonds. The van der Waals surface area contributed by atoms with Crippen LogP contribution in [0, 0.1) is 5.82 Å². The minimum atomic E-state index is -0.523. The highest BCUT2D eigenvalue weighted by atomic mass is 19.1. The van der Waals surface area contributed by atoms with E-state index in [0.717, 1.165) is 0 Å². The highest BCUT2D eigenvalue weighted by molar-refractivity contribution is 5.60. The van der Waals surface area contributed by atoms with E-state index in [-0.39, 0.29) is 17.3 Å². The minimum absolute atomic E-state index is 0.0606. The largest absolute Gasteiger partial charge is 0.399 e. The van der Waals surface area contributed by atoms with Crippen molar-refractivity contribution >= 4 is 5.69 Å². The summed E-state index contributed by atoms with van der Waals surface area (Å²) in [7, 11) is 0. The summed E-state index contributed by atoms with van der Waals surface area (Å²) in [5, 5.41) is 13.5. The molecule has 0 saturated carbocycles. The maximum absolute atomic E-state index is 13.6. The number of rotatable bonds is 2. The number of aromatic nitrogens is 5. The van der Waals surface area contributed by atoms with Crippen LogP contribution in [0.3, 0.4) is 0 Å². The predicted molar refractivity (Wildman–Crippen MR) is 59.5 cm³/mol. The third-order valence-corrected chi connectivity index (χ3v) is 2.29. The number of hydrogen-bond acceptors (Lipinski definition) is 6. The number of nitrogens with two attached hydrogens (primary N) is 1. The highest BCUT2D eigenvalue weighted by Crippen LogP contribution is 2.24. The third kappa shape index (κ3) is 1.69. The van der Waals surface area contributed by atoms with Crippen molar-refractivity contribution in [1.29, 1.82) is 0 Å². The molecule has 2 heterocycles. The van der Waals surface area contributed by atoms with Gasteiger partial charge in [-0.2, -0.15) is 20.4 Å². The lowest BCUT2D eigenvalue weighted by Gasteiger charge is -1.97. The molecule has 0 unspecified atom stereocenters. The van der Waals surface area contributed by atoms with Crippen LogP contribution >= 0.6 is 0 Å². The minimum Gasteiger partial charge on any atom is -0.399 e. The van der Waals surface area contributed by atoms with Crippen LogP contribution in [-0.2, 0) is 0 Å². The molecule has 18 heavy (non-hydrogen) atoms. The number of anilines is 1. The monoisotopic (exact) mass is 246 g/mol. The fourth-order valence-corrected chi connectivity index (χ4v) is 1.45. The van der Waals surface area contributed by atoms with Crippen molar-refractivity contribution in [1.82, 2.24) is 25.6 Å². The van der Waals surface area contributed by atoms with Crippen molar-refractivity contribution in [3.63, 3.8) is 0 Å². The Morgan fingerprint density at radius 3 is 2.94 bits per heavy atom. The zero-order valence-corrected chi connectivity index (χ0v) is 8.96. The van der Waals surface area contributed by atoms with E-state index in [1.54, 1.807) is 6.07 Å². The van der Waals surface area contributed by atoms with E-state index in [9.17, 15) is 4.39 Å². The van der Waals surface area contributed by atoms with E-state index in [1.165, 1.54) is 18.3 Å². The Balaban J connectivity index is 2.03. The summed E-state index contributed by atoms with van der Waals surface area (Å²) in [4.78, 5) is 4.03. The van der Waals surface area contributed by atoms with E-state index in [1.807, 2.05) is 0 Å². The van der Waals surface area contributed by atoms with Gasteiger partial charge in [0.05, 0.1) is 11.8 Å². The Morgan fingerprint density at radius 1 is 1.33 bits per heavy atom. The van der Waals surface area contributed by atoms with Gasteiger partial charge in [-0.25, -0.2) is 4.39 Å². The number of nitrogens with one attached hydrogen (secondary N) is 1. The van der Waals surface area contributed by atoms with E-state index >= 15 is 0 Å². The highest BCUT2D eigenvalue weighted by Gasteiger charge is 2.15. The van der Waals surface area contributed by atoms with Gasteiger partial charge in [0, 0.05) is 5.69 Å². The Labute approximate surface area is 99.8 Å². The SMILES string of the molecule is Nc1ccc(-c2nc(-c3cn[nH]n3)no2)c(F)c1. The van der Waals surface area contributed by atoms with Crippen molar-refractivity contribution in [2.45, 2.75) is 0 Å². The third-order valence-electron chi connectivity index (χ3n) is 2.29. The van der Waals surface area contributed by atoms with Crippen molar-refractivity contribution in [3.8, 4) is 23.0 Å². The average Bonchev–Trinajstić information content (AvgIpc) is 2.99. The van der Waals surface area contributed by atoms with Gasteiger partial charge in [0.1, 0.15) is 5.82 Å². The second-order valence-electron chi connectivity index (χ2n) is 3.52. The number of halogens is 1. The average molecular weight is 246 g/mol. The number of benzene rings is 1. The maximum atomic E-state index is 13.6. The van der Waals surface area contributed by atoms with Gasteiger partial charge in [-0.3, -0.25) is 0 Å². The lowest BCUT2D eigenvalue weighted by molar-refractivity contribution is 0.429. The van der Waals surface area contributed by atoms with Crippen LogP contribution in [0.15, 0.2) is 28.9 Å². The van der Waals surface area contributed by atoms with E-state index in [0.29, 0.717) is 11.4 Å². The molecule has 0 aliphatic rings. The number of nitrogen functional groups attached to an aromatic ring is 1. The maximum Gasteiger partial charge on any atom is 0.261 e. The summed E-state index contributed by atoms with van der Waals surface area (Å²) in [5.74, 6) is -0.231. The number of aromatic amines is 1. The molecule has 1 aromatic carbocycles. The first-order valence-corrected chi connectivity index (χ1v) is 4.99. The fraction of sp³-hybridized carbons (Fsp3) is 0. The first kappa shape index (κ1) is 10.4. The van der Waals surface area contributed by atoms with Crippen LogP contribution in [0.4, 0.5) is 10.1 Å². The molecule has 0 aliphatic carbocycles. The van der Waals surface area contributed by atoms with E-state index in [4.69, 9.17) is 10.3 Å². The molecular formula is C10H7FN6O. The van der Waals surface area contributed by atoms with E-state index in [2.05, 4.69) is 25.6 Å². The van der Waals surface area contributed by atoms with Crippen LogP contribution in [0.25, 0.3) is 23.0 Å². The molecule has 0 bridgehead atoms. The van der Waals surface area contributed by atoms with E-state index < -0.39 is 5.82 Å². The normalized spacial score (nSPS) is 10.7. The summed E-state index contributed by atoms with van der Waals surface area (Å²) >= 11 is 0. The Bertz CT molecular complexity index is 678. The molecule has 8 heteroatoms. The van der Waals surface area contributed by atoms with Crippen molar-refractivity contribution in [2.24, 2.45) is 0 Å². The number of nitrogens with zero attached hydrogens (tertiary/aromatic N) is 4. The van der Waals surface area contributed by atoms with Gasteiger partial charge >= 0.3 is 0 Å². The molecule has 0 atom stereocenters. The summed E-state index contributed by atoms with van der Waals surface area (Å²) in [6, 6.07) is 4.22. The molecule has 90 valence electrons. The van der Waals surface area contributed by atoms with Gasteiger partial charge in [0.2, 0.25) is 5.82 Å². The van der Waals surface area contributed by atoms with Crippen LogP contribution in [-0.4, -0.2) is 25.6 Å². The van der Waals surface area contributed by atoms with Gasteiger partial charge in [0.25, 0.3) is 5.89 Å². The molecule has 3 rings (SSSR count). The first-order valence-electron chi connectivity index (χ1n) is 4.99. The quantitative estimate of drug-likeness (QED) is 0.659. The number of hydrogen-bond donors (Lipinski definition) is 2. The van der Waals surface area contributed by atoms with Gasteiger partial charge in [-0.1, -0.05) is 5.16 Å². The molecular weight excluding hydrogens is 239 g/mol. The summed E-state index contributed by atoms with van der Waals surface area (Å²) in [6.45, 7) is 0. The zero-order chi connectivity index (χ0) is 12.5. The van der Waals surface area contributed by atoms with Crippen molar-refractivity contribution in [3.05, 3.63) is 30.2 Å². The Kier molecular flexibility index (Phi) is 2.26. The summed E-state index contributed by atoms with van der Waals surface area (Å²) in [6.07, 6.45) is 1.44. The molecule has 3 aromatic rings. The molecule has 3 N–H and O–H groups in total. The second kappa shape index (κ2) is 3.91. The molecule has 0 saturated heterocycles. The molecule has 0 aliphatic heterocycles. The van der Waals surface area contributed by atoms with Gasteiger partial charge in [-0.15, -0.1) is 0 Å². The smallest absolute Gasteiger partial charge is 0.261 e. The first-order chi connectivity index (χ1) is 8.74. The van der Waals surface area contributed by atoms with Crippen LogP contribution in [0.2, 0.25) is 0 Å². The lowest BCUT2D eigenvalue weighted by atomic mass is 10.2. The van der Waals surface area contributed by atoms with Crippen LogP contribution < -0.4 is 5.73 Å². The fourth-order valence-electron chi connectivity index (χ4n) is 1.45. The topological polar surface area (TPSA) is 107 Å². The van der Waals surface area contributed by atoms with Crippen LogP contribution in [0.5, 0.6) is 0 Å². The Hall–Kier alpha value is -2.77. The molecule has 2 aromatic heterocycles. The van der Waals surface area contributed by atoms with Crippen LogP contribution in [0.1, 0.15) is 0 Å². The molecule has 0 spiro atoms. The summed E-state index contributed by atoms with van der Waals surface area (Å²) < 4.78 is 18.6.